The molecule has 4 nitrogen and oxygen atoms in total. The summed E-state index contributed by atoms with van der Waals surface area (Å²) in [6, 6.07) is 11.0. The first kappa shape index (κ1) is 21.6. The minimum Gasteiger partial charge on any atom is -0.465 e. The number of aryl methyl sites for hydroxylation is 1. The molecule has 0 radical (unpaired) electrons. The second-order valence-electron chi connectivity index (χ2n) is 6.70. The van der Waals surface area contributed by atoms with Crippen LogP contribution in [0.1, 0.15) is 46.0 Å². The van der Waals surface area contributed by atoms with Crippen molar-refractivity contribution < 1.29 is 23.1 Å². The van der Waals surface area contributed by atoms with E-state index in [9.17, 15) is 18.4 Å². The number of rotatable bonds is 7. The summed E-state index contributed by atoms with van der Waals surface area (Å²) in [5, 5.41) is 4.33. The van der Waals surface area contributed by atoms with E-state index in [-0.39, 0.29) is 10.6 Å². The number of hydrogen-bond acceptors (Lipinski definition) is 4. The topological polar surface area (TPSA) is 55.4 Å². The van der Waals surface area contributed by atoms with E-state index in [2.05, 4.69) is 12.2 Å². The molecule has 30 heavy (non-hydrogen) atoms. The van der Waals surface area contributed by atoms with Gasteiger partial charge in [0, 0.05) is 10.9 Å². The third kappa shape index (κ3) is 4.57. The Bertz CT molecular complexity index is 1040. The molecule has 0 atom stereocenters. The molecule has 7 heteroatoms. The Balaban J connectivity index is 1.94. The summed E-state index contributed by atoms with van der Waals surface area (Å²) in [5.41, 5.74) is 2.00. The van der Waals surface area contributed by atoms with Gasteiger partial charge in [0.2, 0.25) is 0 Å². The third-order valence-corrected chi connectivity index (χ3v) is 5.58. The monoisotopic (exact) mass is 429 g/mol. The fourth-order valence-electron chi connectivity index (χ4n) is 3.08. The molecule has 0 fully saturated rings. The SMILES string of the molecule is CCCCc1ccc(-c2csc(NC(=O)c3c(F)cccc3F)c2C(=O)OC)cc1. The van der Waals surface area contributed by atoms with Crippen molar-refractivity contribution in [1.29, 1.82) is 0 Å². The van der Waals surface area contributed by atoms with Gasteiger partial charge in [0.05, 0.1) is 7.11 Å². The van der Waals surface area contributed by atoms with Crippen LogP contribution in [0.2, 0.25) is 0 Å². The molecule has 0 aliphatic rings. The van der Waals surface area contributed by atoms with Gasteiger partial charge in [0.1, 0.15) is 27.8 Å². The van der Waals surface area contributed by atoms with Crippen LogP contribution in [0.15, 0.2) is 47.8 Å². The largest absolute Gasteiger partial charge is 0.465 e. The van der Waals surface area contributed by atoms with Crippen molar-refractivity contribution in [3.63, 3.8) is 0 Å². The van der Waals surface area contributed by atoms with Crippen LogP contribution in [-0.4, -0.2) is 19.0 Å². The summed E-state index contributed by atoms with van der Waals surface area (Å²) < 4.78 is 32.7. The number of amides is 1. The second kappa shape index (κ2) is 9.63. The number of nitrogens with one attached hydrogen (secondary N) is 1. The number of anilines is 1. The number of benzene rings is 2. The normalized spacial score (nSPS) is 10.7. The molecule has 3 rings (SSSR count). The average Bonchev–Trinajstić information content (AvgIpc) is 3.15. The molecule has 1 heterocycles. The highest BCUT2D eigenvalue weighted by Gasteiger charge is 2.24. The van der Waals surface area contributed by atoms with Crippen molar-refractivity contribution in [2.75, 3.05) is 12.4 Å². The summed E-state index contributed by atoms with van der Waals surface area (Å²) in [4.78, 5) is 24.9. The molecule has 2 aromatic carbocycles. The van der Waals surface area contributed by atoms with Crippen molar-refractivity contribution >= 4 is 28.2 Å². The minimum absolute atomic E-state index is 0.147. The molecule has 0 saturated carbocycles. The lowest BCUT2D eigenvalue weighted by molar-refractivity contribution is 0.0603. The van der Waals surface area contributed by atoms with Gasteiger partial charge in [0.15, 0.2) is 0 Å². The first-order valence-corrected chi connectivity index (χ1v) is 10.4. The van der Waals surface area contributed by atoms with Crippen LogP contribution in [0.5, 0.6) is 0 Å². The maximum absolute atomic E-state index is 13.9. The van der Waals surface area contributed by atoms with Crippen molar-refractivity contribution in [3.8, 4) is 11.1 Å². The molecule has 0 aliphatic carbocycles. The molecule has 0 unspecified atom stereocenters. The van der Waals surface area contributed by atoms with Crippen LogP contribution < -0.4 is 5.32 Å². The molecular formula is C23H21F2NO3S. The van der Waals surface area contributed by atoms with E-state index in [0.717, 1.165) is 48.3 Å². The van der Waals surface area contributed by atoms with Crippen LogP contribution in [0.4, 0.5) is 13.8 Å². The number of ether oxygens (including phenoxy) is 1. The number of methoxy groups -OCH3 is 1. The van der Waals surface area contributed by atoms with Gasteiger partial charge < -0.3 is 10.1 Å². The number of unbranched alkanes of at least 4 members (excludes halogenated alkanes) is 1. The molecule has 0 spiro atoms. The number of thiophene rings is 1. The smallest absolute Gasteiger partial charge is 0.341 e. The number of esters is 1. The molecule has 1 aromatic heterocycles. The number of hydrogen-bond donors (Lipinski definition) is 1. The number of carbonyl (C=O) groups excluding carboxylic acids is 2. The van der Waals surface area contributed by atoms with Crippen molar-refractivity contribution in [2.45, 2.75) is 26.2 Å². The predicted molar refractivity (Wildman–Crippen MR) is 114 cm³/mol. The molecule has 3 aromatic rings. The Hall–Kier alpha value is -3.06. The molecular weight excluding hydrogens is 408 g/mol. The van der Waals surface area contributed by atoms with Gasteiger partial charge in [-0.1, -0.05) is 43.7 Å². The number of carbonyl (C=O) groups is 2. The zero-order chi connectivity index (χ0) is 21.7. The lowest BCUT2D eigenvalue weighted by atomic mass is 10.0. The Morgan fingerprint density at radius 1 is 1.03 bits per heavy atom. The quantitative estimate of drug-likeness (QED) is 0.464. The molecule has 0 aliphatic heterocycles. The highest BCUT2D eigenvalue weighted by molar-refractivity contribution is 7.15. The molecule has 0 bridgehead atoms. The van der Waals surface area contributed by atoms with Gasteiger partial charge in [0.25, 0.3) is 5.91 Å². The van der Waals surface area contributed by atoms with E-state index in [1.165, 1.54) is 18.7 Å². The fourth-order valence-corrected chi connectivity index (χ4v) is 4.03. The van der Waals surface area contributed by atoms with Crippen LogP contribution in [0.3, 0.4) is 0 Å². The number of halogens is 2. The molecule has 0 saturated heterocycles. The van der Waals surface area contributed by atoms with Crippen LogP contribution in [0.25, 0.3) is 11.1 Å². The first-order chi connectivity index (χ1) is 14.5. The van der Waals surface area contributed by atoms with Gasteiger partial charge in [-0.2, -0.15) is 0 Å². The summed E-state index contributed by atoms with van der Waals surface area (Å²) in [5.74, 6) is -3.58. The predicted octanol–water partition coefficient (Wildman–Crippen LogP) is 6.07. The van der Waals surface area contributed by atoms with Crippen LogP contribution in [-0.2, 0) is 11.2 Å². The van der Waals surface area contributed by atoms with Gasteiger partial charge in [-0.15, -0.1) is 11.3 Å². The third-order valence-electron chi connectivity index (χ3n) is 4.68. The van der Waals surface area contributed by atoms with Crippen molar-refractivity contribution in [2.24, 2.45) is 0 Å². The Morgan fingerprint density at radius 2 is 1.70 bits per heavy atom. The van der Waals surface area contributed by atoms with Crippen molar-refractivity contribution in [3.05, 3.63) is 76.2 Å². The maximum atomic E-state index is 13.9. The summed E-state index contributed by atoms with van der Waals surface area (Å²) >= 11 is 1.09. The van der Waals surface area contributed by atoms with Gasteiger partial charge in [-0.3, -0.25) is 4.79 Å². The zero-order valence-electron chi connectivity index (χ0n) is 16.6. The summed E-state index contributed by atoms with van der Waals surface area (Å²) in [7, 11) is 1.24. The lowest BCUT2D eigenvalue weighted by Gasteiger charge is -2.09. The molecule has 1 amide bonds. The fraction of sp³-hybridized carbons (Fsp3) is 0.217. The van der Waals surface area contributed by atoms with E-state index in [0.29, 0.717) is 5.56 Å². The van der Waals surface area contributed by atoms with Gasteiger partial charge >= 0.3 is 5.97 Å². The highest BCUT2D eigenvalue weighted by Crippen LogP contribution is 2.36. The van der Waals surface area contributed by atoms with E-state index in [4.69, 9.17) is 4.74 Å². The minimum atomic E-state index is -0.980. The summed E-state index contributed by atoms with van der Waals surface area (Å²) in [6.07, 6.45) is 3.16. The lowest BCUT2D eigenvalue weighted by Crippen LogP contribution is -2.17. The Labute approximate surface area is 177 Å². The van der Waals surface area contributed by atoms with Gasteiger partial charge in [-0.25, -0.2) is 13.6 Å². The Morgan fingerprint density at radius 3 is 2.30 bits per heavy atom. The highest BCUT2D eigenvalue weighted by atomic mass is 32.1. The standard InChI is InChI=1S/C23H21F2NO3S/c1-3-4-6-14-9-11-15(12-10-14)16-13-30-22(19(16)23(28)29-2)26-21(27)20-17(24)7-5-8-18(20)25/h5,7-13H,3-4,6H2,1-2H3,(H,26,27). The van der Waals surface area contributed by atoms with Gasteiger partial charge in [-0.05, 0) is 36.1 Å². The van der Waals surface area contributed by atoms with E-state index in [1.807, 2.05) is 24.3 Å². The average molecular weight is 429 g/mol. The second-order valence-corrected chi connectivity index (χ2v) is 7.58. The zero-order valence-corrected chi connectivity index (χ0v) is 17.4. The van der Waals surface area contributed by atoms with E-state index in [1.54, 1.807) is 5.38 Å². The van der Waals surface area contributed by atoms with E-state index < -0.39 is 29.1 Å². The van der Waals surface area contributed by atoms with Crippen molar-refractivity contribution in [1.82, 2.24) is 0 Å². The van der Waals surface area contributed by atoms with Crippen LogP contribution in [0, 0.1) is 11.6 Å². The first-order valence-electron chi connectivity index (χ1n) is 9.50. The molecule has 156 valence electrons. The Kier molecular flexibility index (Phi) is 6.95. The van der Waals surface area contributed by atoms with Crippen LogP contribution >= 0.6 is 11.3 Å². The molecule has 1 N–H and O–H groups in total. The van der Waals surface area contributed by atoms with E-state index >= 15 is 0 Å². The summed E-state index contributed by atoms with van der Waals surface area (Å²) in [6.45, 7) is 2.13. The maximum Gasteiger partial charge on any atom is 0.341 e.